The van der Waals surface area contributed by atoms with Gasteiger partial charge in [0.2, 0.25) is 5.95 Å². The van der Waals surface area contributed by atoms with E-state index in [1.165, 1.54) is 0 Å². The zero-order chi connectivity index (χ0) is 11.2. The first-order valence-corrected chi connectivity index (χ1v) is 5.68. The third kappa shape index (κ3) is 3.43. The van der Waals surface area contributed by atoms with Gasteiger partial charge in [0.05, 0.1) is 13.2 Å². The molecule has 2 heterocycles. The number of ether oxygens (including phenoxy) is 1. The van der Waals surface area contributed by atoms with Crippen molar-refractivity contribution in [3.63, 3.8) is 0 Å². The summed E-state index contributed by atoms with van der Waals surface area (Å²) in [5.74, 6) is 0.697. The monoisotopic (exact) mass is 222 g/mol. The van der Waals surface area contributed by atoms with Gasteiger partial charge in [-0.05, 0) is 13.0 Å². The van der Waals surface area contributed by atoms with Gasteiger partial charge >= 0.3 is 0 Å². The van der Waals surface area contributed by atoms with Gasteiger partial charge in [-0.2, -0.15) is 0 Å². The quantitative estimate of drug-likeness (QED) is 0.809. The molecule has 0 amide bonds. The number of morpholine rings is 1. The van der Waals surface area contributed by atoms with Crippen LogP contribution in [0, 0.1) is 0 Å². The van der Waals surface area contributed by atoms with Crippen molar-refractivity contribution in [2.45, 2.75) is 13.0 Å². The van der Waals surface area contributed by atoms with Crippen LogP contribution in [0.2, 0.25) is 0 Å². The van der Waals surface area contributed by atoms with E-state index in [9.17, 15) is 0 Å². The van der Waals surface area contributed by atoms with Crippen LogP contribution in [0.3, 0.4) is 0 Å². The van der Waals surface area contributed by atoms with Crippen molar-refractivity contribution in [2.75, 3.05) is 38.2 Å². The van der Waals surface area contributed by atoms with Crippen LogP contribution >= 0.6 is 0 Å². The molecule has 0 spiro atoms. The molecule has 0 aliphatic carbocycles. The predicted octanol–water partition coefficient (Wildman–Crippen LogP) is 0.609. The maximum Gasteiger partial charge on any atom is 0.222 e. The number of anilines is 1. The van der Waals surface area contributed by atoms with Gasteiger partial charge in [0.25, 0.3) is 0 Å². The lowest BCUT2D eigenvalue weighted by Gasteiger charge is -2.29. The predicted molar refractivity (Wildman–Crippen MR) is 62.4 cm³/mol. The van der Waals surface area contributed by atoms with Gasteiger partial charge in [0.15, 0.2) is 0 Å². The van der Waals surface area contributed by atoms with E-state index >= 15 is 0 Å². The van der Waals surface area contributed by atoms with Crippen molar-refractivity contribution < 1.29 is 4.74 Å². The molecule has 0 radical (unpaired) electrons. The van der Waals surface area contributed by atoms with Crippen LogP contribution in [0.5, 0.6) is 0 Å². The molecule has 0 aromatic carbocycles. The van der Waals surface area contributed by atoms with E-state index in [2.05, 4.69) is 27.1 Å². The first-order valence-electron chi connectivity index (χ1n) is 5.68. The SMILES string of the molecule is CC(CN1CCOCC1)Nc1ncccn1. The van der Waals surface area contributed by atoms with Gasteiger partial charge in [-0.15, -0.1) is 0 Å². The average molecular weight is 222 g/mol. The van der Waals surface area contributed by atoms with E-state index in [4.69, 9.17) is 4.74 Å². The summed E-state index contributed by atoms with van der Waals surface area (Å²) in [7, 11) is 0. The topological polar surface area (TPSA) is 50.3 Å². The van der Waals surface area contributed by atoms with Crippen molar-refractivity contribution in [3.05, 3.63) is 18.5 Å². The first-order chi connectivity index (χ1) is 7.84. The number of hydrogen-bond acceptors (Lipinski definition) is 5. The Kier molecular flexibility index (Phi) is 4.07. The molecule has 2 rings (SSSR count). The second-order valence-electron chi connectivity index (χ2n) is 4.03. The van der Waals surface area contributed by atoms with E-state index < -0.39 is 0 Å². The Morgan fingerprint density at radius 1 is 1.38 bits per heavy atom. The van der Waals surface area contributed by atoms with Gasteiger partial charge in [0.1, 0.15) is 0 Å². The number of aromatic nitrogens is 2. The molecular weight excluding hydrogens is 204 g/mol. The third-order valence-corrected chi connectivity index (χ3v) is 2.58. The standard InChI is InChI=1S/C11H18N4O/c1-10(9-15-5-7-16-8-6-15)14-11-12-3-2-4-13-11/h2-4,10H,5-9H2,1H3,(H,12,13,14). The van der Waals surface area contributed by atoms with Crippen molar-refractivity contribution in [2.24, 2.45) is 0 Å². The molecule has 16 heavy (non-hydrogen) atoms. The molecule has 1 atom stereocenters. The lowest BCUT2D eigenvalue weighted by atomic mass is 10.3. The van der Waals surface area contributed by atoms with Crippen LogP contribution in [0.15, 0.2) is 18.5 Å². The fourth-order valence-electron chi connectivity index (χ4n) is 1.81. The van der Waals surface area contributed by atoms with E-state index in [0.29, 0.717) is 12.0 Å². The highest BCUT2D eigenvalue weighted by Gasteiger charge is 2.13. The van der Waals surface area contributed by atoms with Crippen molar-refractivity contribution >= 4 is 5.95 Å². The smallest absolute Gasteiger partial charge is 0.222 e. The lowest BCUT2D eigenvalue weighted by Crippen LogP contribution is -2.42. The summed E-state index contributed by atoms with van der Waals surface area (Å²) in [6, 6.07) is 2.16. The number of hydrogen-bond donors (Lipinski definition) is 1. The van der Waals surface area contributed by atoms with Gasteiger partial charge in [-0.1, -0.05) is 0 Å². The molecule has 5 heteroatoms. The zero-order valence-electron chi connectivity index (χ0n) is 9.59. The Morgan fingerprint density at radius 2 is 2.06 bits per heavy atom. The summed E-state index contributed by atoms with van der Waals surface area (Å²) in [6.07, 6.45) is 3.49. The number of rotatable bonds is 4. The number of nitrogens with one attached hydrogen (secondary N) is 1. The molecule has 1 aliphatic rings. The number of nitrogens with zero attached hydrogens (tertiary/aromatic N) is 3. The molecule has 1 fully saturated rings. The summed E-state index contributed by atoms with van der Waals surface area (Å²) in [5, 5.41) is 3.28. The Bertz CT molecular complexity index is 300. The normalized spacial score (nSPS) is 19.3. The summed E-state index contributed by atoms with van der Waals surface area (Å²) in [6.45, 7) is 6.86. The van der Waals surface area contributed by atoms with Crippen LogP contribution in [-0.2, 0) is 4.74 Å². The van der Waals surface area contributed by atoms with Crippen molar-refractivity contribution in [1.82, 2.24) is 14.9 Å². The summed E-state index contributed by atoms with van der Waals surface area (Å²) < 4.78 is 5.31. The minimum atomic E-state index is 0.348. The molecule has 0 saturated carbocycles. The molecule has 1 aliphatic heterocycles. The molecule has 88 valence electrons. The minimum Gasteiger partial charge on any atom is -0.379 e. The lowest BCUT2D eigenvalue weighted by molar-refractivity contribution is 0.0368. The maximum absolute atomic E-state index is 5.31. The highest BCUT2D eigenvalue weighted by Crippen LogP contribution is 2.02. The third-order valence-electron chi connectivity index (χ3n) is 2.58. The van der Waals surface area contributed by atoms with Crippen LogP contribution in [0.25, 0.3) is 0 Å². The van der Waals surface area contributed by atoms with Crippen LogP contribution in [0.1, 0.15) is 6.92 Å². The van der Waals surface area contributed by atoms with Crippen LogP contribution in [0.4, 0.5) is 5.95 Å². The molecule has 1 aromatic rings. The van der Waals surface area contributed by atoms with Gasteiger partial charge < -0.3 is 10.1 Å². The molecule has 1 aromatic heterocycles. The first kappa shape index (κ1) is 11.3. The zero-order valence-corrected chi connectivity index (χ0v) is 9.59. The molecule has 5 nitrogen and oxygen atoms in total. The van der Waals surface area contributed by atoms with E-state index in [1.807, 2.05) is 6.07 Å². The van der Waals surface area contributed by atoms with E-state index in [1.54, 1.807) is 12.4 Å². The van der Waals surface area contributed by atoms with Crippen LogP contribution < -0.4 is 5.32 Å². The molecule has 0 bridgehead atoms. The highest BCUT2D eigenvalue weighted by molar-refractivity contribution is 5.23. The van der Waals surface area contributed by atoms with Crippen molar-refractivity contribution in [1.29, 1.82) is 0 Å². The Hall–Kier alpha value is -1.20. The summed E-state index contributed by atoms with van der Waals surface area (Å²) in [5.41, 5.74) is 0. The molecular formula is C11H18N4O. The molecule has 1 unspecified atom stereocenters. The van der Waals surface area contributed by atoms with Gasteiger partial charge in [0, 0.05) is 38.1 Å². The van der Waals surface area contributed by atoms with E-state index in [-0.39, 0.29) is 0 Å². The molecule has 1 saturated heterocycles. The van der Waals surface area contributed by atoms with Crippen molar-refractivity contribution in [3.8, 4) is 0 Å². The largest absolute Gasteiger partial charge is 0.379 e. The van der Waals surface area contributed by atoms with Gasteiger partial charge in [-0.3, -0.25) is 4.90 Å². The highest BCUT2D eigenvalue weighted by atomic mass is 16.5. The van der Waals surface area contributed by atoms with Crippen LogP contribution in [-0.4, -0.2) is 53.8 Å². The Labute approximate surface area is 95.8 Å². The van der Waals surface area contributed by atoms with E-state index in [0.717, 1.165) is 32.8 Å². The molecule has 1 N–H and O–H groups in total. The Balaban J connectivity index is 1.77. The van der Waals surface area contributed by atoms with Gasteiger partial charge in [-0.25, -0.2) is 9.97 Å². The summed E-state index contributed by atoms with van der Waals surface area (Å²) >= 11 is 0. The maximum atomic E-state index is 5.31. The average Bonchev–Trinajstić information content (AvgIpc) is 2.31. The fraction of sp³-hybridized carbons (Fsp3) is 0.636. The Morgan fingerprint density at radius 3 is 2.75 bits per heavy atom. The fourth-order valence-corrected chi connectivity index (χ4v) is 1.81. The minimum absolute atomic E-state index is 0.348. The second-order valence-corrected chi connectivity index (χ2v) is 4.03. The summed E-state index contributed by atoms with van der Waals surface area (Å²) in [4.78, 5) is 10.7. The second kappa shape index (κ2) is 5.77.